The molecule has 2 unspecified atom stereocenters. The van der Waals surface area contributed by atoms with Crippen LogP contribution >= 0.6 is 0 Å². The second-order valence-electron chi connectivity index (χ2n) is 4.38. The monoisotopic (exact) mass is 234 g/mol. The average molecular weight is 234 g/mol. The van der Waals surface area contributed by atoms with Crippen LogP contribution in [0.25, 0.3) is 0 Å². The molecule has 0 aromatic heterocycles. The van der Waals surface area contributed by atoms with Crippen LogP contribution in [0, 0.1) is 23.1 Å². The molecule has 2 atom stereocenters. The van der Waals surface area contributed by atoms with Gasteiger partial charge < -0.3 is 10.1 Å². The van der Waals surface area contributed by atoms with E-state index in [2.05, 4.69) is 12.2 Å². The maximum Gasteiger partial charge on any atom is 0.137 e. The SMILES string of the molecule is CC1CCNCC1Oc1ccc(F)cc1C#N. The van der Waals surface area contributed by atoms with E-state index >= 15 is 0 Å². The summed E-state index contributed by atoms with van der Waals surface area (Å²) < 4.78 is 18.8. The molecule has 90 valence electrons. The number of piperidine rings is 1. The fourth-order valence-corrected chi connectivity index (χ4v) is 1.97. The van der Waals surface area contributed by atoms with Gasteiger partial charge in [0.15, 0.2) is 0 Å². The number of hydrogen-bond acceptors (Lipinski definition) is 3. The molecule has 0 spiro atoms. The summed E-state index contributed by atoms with van der Waals surface area (Å²) in [5.41, 5.74) is 0.253. The molecule has 0 radical (unpaired) electrons. The molecule has 0 saturated carbocycles. The van der Waals surface area contributed by atoms with E-state index in [1.54, 1.807) is 0 Å². The van der Waals surface area contributed by atoms with Crippen molar-refractivity contribution in [3.8, 4) is 11.8 Å². The summed E-state index contributed by atoms with van der Waals surface area (Å²) in [4.78, 5) is 0. The van der Waals surface area contributed by atoms with Crippen LogP contribution in [0.4, 0.5) is 4.39 Å². The highest BCUT2D eigenvalue weighted by molar-refractivity contribution is 5.43. The Morgan fingerprint density at radius 3 is 3.06 bits per heavy atom. The summed E-state index contributed by atoms with van der Waals surface area (Å²) in [6.07, 6.45) is 1.09. The van der Waals surface area contributed by atoms with E-state index < -0.39 is 5.82 Å². The molecular formula is C13H15FN2O. The third-order valence-corrected chi connectivity index (χ3v) is 3.10. The maximum absolute atomic E-state index is 13.0. The normalized spacial score (nSPS) is 24.1. The first kappa shape index (κ1) is 11.9. The first-order valence-corrected chi connectivity index (χ1v) is 5.77. The fraction of sp³-hybridized carbons (Fsp3) is 0.462. The zero-order valence-corrected chi connectivity index (χ0v) is 9.74. The number of nitrogens with zero attached hydrogens (tertiary/aromatic N) is 1. The summed E-state index contributed by atoms with van der Waals surface area (Å²) in [5, 5.41) is 12.2. The molecule has 1 aromatic carbocycles. The lowest BCUT2D eigenvalue weighted by Crippen LogP contribution is -2.42. The summed E-state index contributed by atoms with van der Waals surface area (Å²) in [5.74, 6) is 0.492. The zero-order valence-electron chi connectivity index (χ0n) is 9.74. The summed E-state index contributed by atoms with van der Waals surface area (Å²) in [7, 11) is 0. The van der Waals surface area contributed by atoms with Crippen molar-refractivity contribution in [2.75, 3.05) is 13.1 Å². The number of ether oxygens (including phenoxy) is 1. The molecule has 1 N–H and O–H groups in total. The number of hydrogen-bond donors (Lipinski definition) is 1. The Morgan fingerprint density at radius 1 is 1.53 bits per heavy atom. The molecule has 0 aliphatic carbocycles. The van der Waals surface area contributed by atoms with Crippen molar-refractivity contribution < 1.29 is 9.13 Å². The first-order valence-electron chi connectivity index (χ1n) is 5.77. The van der Waals surface area contributed by atoms with Gasteiger partial charge in [0.2, 0.25) is 0 Å². The minimum Gasteiger partial charge on any atom is -0.487 e. The fourth-order valence-electron chi connectivity index (χ4n) is 1.97. The summed E-state index contributed by atoms with van der Waals surface area (Å²) >= 11 is 0. The van der Waals surface area contributed by atoms with Crippen LogP contribution in [0.2, 0.25) is 0 Å². The lowest BCUT2D eigenvalue weighted by Gasteiger charge is -2.30. The summed E-state index contributed by atoms with van der Waals surface area (Å²) in [6.45, 7) is 3.89. The molecule has 0 bridgehead atoms. The van der Waals surface area contributed by atoms with Crippen molar-refractivity contribution in [2.45, 2.75) is 19.4 Å². The summed E-state index contributed by atoms with van der Waals surface area (Å²) in [6, 6.07) is 6.00. The van der Waals surface area contributed by atoms with Crippen LogP contribution in [0.5, 0.6) is 5.75 Å². The van der Waals surface area contributed by atoms with E-state index in [0.717, 1.165) is 19.5 Å². The van der Waals surface area contributed by atoms with Crippen LogP contribution in [-0.4, -0.2) is 19.2 Å². The third-order valence-electron chi connectivity index (χ3n) is 3.10. The van der Waals surface area contributed by atoms with Crippen molar-refractivity contribution in [3.05, 3.63) is 29.6 Å². The van der Waals surface area contributed by atoms with E-state index in [1.165, 1.54) is 18.2 Å². The van der Waals surface area contributed by atoms with Gasteiger partial charge in [-0.05, 0) is 37.1 Å². The van der Waals surface area contributed by atoms with Gasteiger partial charge in [0.25, 0.3) is 0 Å². The predicted octanol–water partition coefficient (Wildman–Crippen LogP) is 2.07. The highest BCUT2D eigenvalue weighted by Crippen LogP contribution is 2.23. The van der Waals surface area contributed by atoms with Gasteiger partial charge in [0, 0.05) is 6.54 Å². The smallest absolute Gasteiger partial charge is 0.137 e. The van der Waals surface area contributed by atoms with Gasteiger partial charge in [-0.2, -0.15) is 5.26 Å². The highest BCUT2D eigenvalue weighted by atomic mass is 19.1. The molecule has 1 aromatic rings. The molecule has 3 nitrogen and oxygen atoms in total. The predicted molar refractivity (Wildman–Crippen MR) is 62.2 cm³/mol. The van der Waals surface area contributed by atoms with E-state index in [9.17, 15) is 4.39 Å². The second kappa shape index (κ2) is 5.15. The molecule has 1 aliphatic heterocycles. The number of halogens is 1. The molecule has 1 aliphatic rings. The lowest BCUT2D eigenvalue weighted by molar-refractivity contribution is 0.114. The van der Waals surface area contributed by atoms with Crippen molar-refractivity contribution in [1.29, 1.82) is 5.26 Å². The van der Waals surface area contributed by atoms with E-state index in [-0.39, 0.29) is 11.7 Å². The second-order valence-corrected chi connectivity index (χ2v) is 4.38. The highest BCUT2D eigenvalue weighted by Gasteiger charge is 2.23. The Balaban J connectivity index is 2.15. The Morgan fingerprint density at radius 2 is 2.35 bits per heavy atom. The Bertz CT molecular complexity index is 442. The minimum atomic E-state index is -0.413. The molecule has 1 heterocycles. The number of benzene rings is 1. The van der Waals surface area contributed by atoms with Gasteiger partial charge in [-0.1, -0.05) is 6.92 Å². The Kier molecular flexibility index (Phi) is 3.60. The van der Waals surface area contributed by atoms with Crippen molar-refractivity contribution in [2.24, 2.45) is 5.92 Å². The van der Waals surface area contributed by atoms with E-state index in [0.29, 0.717) is 11.7 Å². The van der Waals surface area contributed by atoms with Gasteiger partial charge >= 0.3 is 0 Å². The largest absolute Gasteiger partial charge is 0.487 e. The van der Waals surface area contributed by atoms with Gasteiger partial charge in [0.1, 0.15) is 23.7 Å². The Labute approximate surface area is 100 Å². The van der Waals surface area contributed by atoms with Crippen molar-refractivity contribution in [3.63, 3.8) is 0 Å². The van der Waals surface area contributed by atoms with Crippen molar-refractivity contribution >= 4 is 0 Å². The third kappa shape index (κ3) is 2.75. The van der Waals surface area contributed by atoms with Gasteiger partial charge in [0.05, 0.1) is 5.56 Å². The topological polar surface area (TPSA) is 45.0 Å². The van der Waals surface area contributed by atoms with Crippen molar-refractivity contribution in [1.82, 2.24) is 5.32 Å². The van der Waals surface area contributed by atoms with Gasteiger partial charge in [-0.3, -0.25) is 0 Å². The van der Waals surface area contributed by atoms with E-state index in [4.69, 9.17) is 10.00 Å². The van der Waals surface area contributed by atoms with Crippen LogP contribution in [0.1, 0.15) is 18.9 Å². The van der Waals surface area contributed by atoms with Crippen LogP contribution in [0.15, 0.2) is 18.2 Å². The first-order chi connectivity index (χ1) is 8.20. The molecule has 2 rings (SSSR count). The standard InChI is InChI=1S/C13H15FN2O/c1-9-4-5-16-8-13(9)17-12-3-2-11(14)6-10(12)7-15/h2-3,6,9,13,16H,4-5,8H2,1H3. The molecule has 1 fully saturated rings. The van der Waals surface area contributed by atoms with E-state index in [1.807, 2.05) is 6.07 Å². The number of nitrogens with one attached hydrogen (secondary N) is 1. The minimum absolute atomic E-state index is 0.0429. The zero-order chi connectivity index (χ0) is 12.3. The Hall–Kier alpha value is -1.60. The average Bonchev–Trinajstić information content (AvgIpc) is 2.34. The molecule has 4 heteroatoms. The molecule has 0 amide bonds. The lowest BCUT2D eigenvalue weighted by atomic mass is 9.97. The molecule has 17 heavy (non-hydrogen) atoms. The van der Waals surface area contributed by atoms with Gasteiger partial charge in [-0.25, -0.2) is 4.39 Å². The molecular weight excluding hydrogens is 219 g/mol. The van der Waals surface area contributed by atoms with Crippen LogP contribution < -0.4 is 10.1 Å². The van der Waals surface area contributed by atoms with Crippen LogP contribution in [0.3, 0.4) is 0 Å². The number of rotatable bonds is 2. The molecule has 1 saturated heterocycles. The van der Waals surface area contributed by atoms with Crippen LogP contribution in [-0.2, 0) is 0 Å². The number of nitriles is 1. The quantitative estimate of drug-likeness (QED) is 0.852. The maximum atomic E-state index is 13.0. The van der Waals surface area contributed by atoms with Gasteiger partial charge in [-0.15, -0.1) is 0 Å².